The summed E-state index contributed by atoms with van der Waals surface area (Å²) in [6.07, 6.45) is 1.38. The first-order valence-corrected chi connectivity index (χ1v) is 10.4. The van der Waals surface area contributed by atoms with Gasteiger partial charge in [-0.25, -0.2) is 8.42 Å². The summed E-state index contributed by atoms with van der Waals surface area (Å²) < 4.78 is 28.5. The number of sulfonamides is 1. The maximum atomic E-state index is 12.9. The highest BCUT2D eigenvalue weighted by Crippen LogP contribution is 2.21. The zero-order chi connectivity index (χ0) is 20.6. The number of nitrogens with zero attached hydrogens (tertiary/aromatic N) is 3. The third-order valence-electron chi connectivity index (χ3n) is 5.01. The molecule has 3 rings (SSSR count). The summed E-state index contributed by atoms with van der Waals surface area (Å²) in [5.41, 5.74) is 8.02. The van der Waals surface area contributed by atoms with Crippen molar-refractivity contribution in [3.63, 3.8) is 0 Å². The number of nitrogens with two attached hydrogens (primary N) is 1. The summed E-state index contributed by atoms with van der Waals surface area (Å²) in [5.74, 6) is -0.780. The van der Waals surface area contributed by atoms with Crippen LogP contribution < -0.4 is 5.73 Å². The maximum absolute atomic E-state index is 12.9. The minimum Gasteiger partial charge on any atom is -0.364 e. The molecule has 1 aliphatic rings. The number of benzene rings is 1. The molecule has 1 fully saturated rings. The number of carbonyl (C=O) groups is 2. The number of piperazine rings is 1. The Kier molecular flexibility index (Phi) is 5.31. The lowest BCUT2D eigenvalue weighted by molar-refractivity contribution is 0.0697. The Morgan fingerprint density at radius 2 is 1.68 bits per heavy atom. The van der Waals surface area contributed by atoms with Gasteiger partial charge < -0.3 is 15.2 Å². The van der Waals surface area contributed by atoms with E-state index in [4.69, 9.17) is 5.73 Å². The van der Waals surface area contributed by atoms with Crippen molar-refractivity contribution in [2.24, 2.45) is 12.8 Å². The van der Waals surface area contributed by atoms with Crippen LogP contribution in [0.5, 0.6) is 0 Å². The Balaban J connectivity index is 1.73. The number of hydrogen-bond donors (Lipinski definition) is 1. The molecule has 2 heterocycles. The van der Waals surface area contributed by atoms with Crippen molar-refractivity contribution in [1.82, 2.24) is 13.8 Å². The summed E-state index contributed by atoms with van der Waals surface area (Å²) in [6, 6.07) is 6.95. The van der Waals surface area contributed by atoms with Crippen molar-refractivity contribution in [3.05, 3.63) is 52.8 Å². The molecule has 0 bridgehead atoms. The molecule has 28 heavy (non-hydrogen) atoms. The van der Waals surface area contributed by atoms with E-state index in [0.29, 0.717) is 18.7 Å². The topological polar surface area (TPSA) is 106 Å². The van der Waals surface area contributed by atoms with E-state index in [1.54, 1.807) is 11.9 Å². The number of hydrogen-bond acceptors (Lipinski definition) is 4. The van der Waals surface area contributed by atoms with Gasteiger partial charge in [0.05, 0.1) is 0 Å². The maximum Gasteiger partial charge on any atom is 0.265 e. The minimum absolute atomic E-state index is 0.0259. The molecule has 150 valence electrons. The minimum atomic E-state index is -3.76. The number of aryl methyl sites for hydroxylation is 3. The highest BCUT2D eigenvalue weighted by molar-refractivity contribution is 7.89. The molecule has 1 saturated heterocycles. The average molecular weight is 404 g/mol. The second-order valence-electron chi connectivity index (χ2n) is 7.05. The van der Waals surface area contributed by atoms with Crippen LogP contribution in [0.2, 0.25) is 0 Å². The number of rotatable bonds is 4. The van der Waals surface area contributed by atoms with Crippen molar-refractivity contribution in [3.8, 4) is 0 Å². The van der Waals surface area contributed by atoms with Gasteiger partial charge in [0.25, 0.3) is 11.8 Å². The van der Waals surface area contributed by atoms with Crippen molar-refractivity contribution in [2.75, 3.05) is 26.2 Å². The quantitative estimate of drug-likeness (QED) is 0.817. The van der Waals surface area contributed by atoms with E-state index in [-0.39, 0.29) is 29.6 Å². The van der Waals surface area contributed by atoms with E-state index >= 15 is 0 Å². The third kappa shape index (κ3) is 3.67. The predicted octanol–water partition coefficient (Wildman–Crippen LogP) is 0.888. The lowest BCUT2D eigenvalue weighted by Gasteiger charge is -2.34. The summed E-state index contributed by atoms with van der Waals surface area (Å²) in [7, 11) is -2.19. The van der Waals surface area contributed by atoms with Gasteiger partial charge in [0.1, 0.15) is 10.6 Å². The number of amides is 2. The smallest absolute Gasteiger partial charge is 0.265 e. The van der Waals surface area contributed by atoms with Gasteiger partial charge in [-0.3, -0.25) is 9.59 Å². The van der Waals surface area contributed by atoms with E-state index < -0.39 is 15.9 Å². The first-order chi connectivity index (χ1) is 13.1. The third-order valence-corrected chi connectivity index (χ3v) is 6.87. The summed E-state index contributed by atoms with van der Waals surface area (Å²) in [5, 5.41) is 0. The van der Waals surface area contributed by atoms with E-state index in [1.807, 2.05) is 32.0 Å². The molecule has 2 amide bonds. The van der Waals surface area contributed by atoms with Crippen LogP contribution in [-0.4, -0.2) is 60.2 Å². The van der Waals surface area contributed by atoms with Crippen LogP contribution in [0.15, 0.2) is 35.4 Å². The van der Waals surface area contributed by atoms with Gasteiger partial charge >= 0.3 is 0 Å². The van der Waals surface area contributed by atoms with Gasteiger partial charge in [0.2, 0.25) is 10.0 Å². The monoisotopic (exact) mass is 404 g/mol. The molecular weight excluding hydrogens is 380 g/mol. The molecule has 0 atom stereocenters. The van der Waals surface area contributed by atoms with E-state index in [9.17, 15) is 18.0 Å². The van der Waals surface area contributed by atoms with Crippen LogP contribution in [0.4, 0.5) is 0 Å². The van der Waals surface area contributed by atoms with Gasteiger partial charge in [-0.2, -0.15) is 4.31 Å². The van der Waals surface area contributed by atoms with Crippen LogP contribution in [0.25, 0.3) is 0 Å². The van der Waals surface area contributed by atoms with Crippen LogP contribution >= 0.6 is 0 Å². The van der Waals surface area contributed by atoms with Crippen molar-refractivity contribution < 1.29 is 18.0 Å². The van der Waals surface area contributed by atoms with Crippen LogP contribution in [-0.2, 0) is 17.1 Å². The summed E-state index contributed by atoms with van der Waals surface area (Å²) >= 11 is 0. The summed E-state index contributed by atoms with van der Waals surface area (Å²) in [6.45, 7) is 4.87. The average Bonchev–Trinajstić information content (AvgIpc) is 3.04. The highest BCUT2D eigenvalue weighted by Gasteiger charge is 2.32. The van der Waals surface area contributed by atoms with Gasteiger partial charge in [-0.1, -0.05) is 17.7 Å². The fourth-order valence-corrected chi connectivity index (χ4v) is 4.92. The van der Waals surface area contributed by atoms with Crippen molar-refractivity contribution in [2.45, 2.75) is 18.7 Å². The van der Waals surface area contributed by atoms with E-state index in [0.717, 1.165) is 11.1 Å². The Bertz CT molecular complexity index is 1030. The van der Waals surface area contributed by atoms with Crippen molar-refractivity contribution >= 4 is 21.8 Å². The molecule has 2 aromatic rings. The predicted molar refractivity (Wildman–Crippen MR) is 105 cm³/mol. The molecule has 1 aromatic carbocycles. The first-order valence-electron chi connectivity index (χ1n) is 8.94. The van der Waals surface area contributed by atoms with Crippen molar-refractivity contribution in [1.29, 1.82) is 0 Å². The number of carbonyl (C=O) groups excluding carboxylic acids is 2. The van der Waals surface area contributed by atoms with Gasteiger partial charge in [0, 0.05) is 45.0 Å². The zero-order valence-electron chi connectivity index (χ0n) is 16.2. The first kappa shape index (κ1) is 20.1. The molecule has 0 saturated carbocycles. The second-order valence-corrected chi connectivity index (χ2v) is 8.99. The lowest BCUT2D eigenvalue weighted by Crippen LogP contribution is -2.50. The van der Waals surface area contributed by atoms with Gasteiger partial charge in [0.15, 0.2) is 0 Å². The molecule has 2 N–H and O–H groups in total. The Hall–Kier alpha value is -2.65. The number of primary amides is 1. The molecule has 1 aliphatic heterocycles. The fraction of sp³-hybridized carbons (Fsp3) is 0.368. The van der Waals surface area contributed by atoms with E-state index in [1.165, 1.54) is 21.1 Å². The Morgan fingerprint density at radius 1 is 1.04 bits per heavy atom. The Morgan fingerprint density at radius 3 is 2.21 bits per heavy atom. The van der Waals surface area contributed by atoms with Crippen LogP contribution in [0, 0.1) is 13.8 Å². The molecule has 1 aromatic heterocycles. The largest absolute Gasteiger partial charge is 0.364 e. The highest BCUT2D eigenvalue weighted by atomic mass is 32.2. The normalized spacial score (nSPS) is 15.6. The second kappa shape index (κ2) is 7.40. The molecule has 0 unspecified atom stereocenters. The molecule has 0 radical (unpaired) electrons. The van der Waals surface area contributed by atoms with Gasteiger partial charge in [-0.05, 0) is 31.5 Å². The molecule has 0 spiro atoms. The fourth-order valence-electron chi connectivity index (χ4n) is 3.42. The lowest BCUT2D eigenvalue weighted by atomic mass is 10.0. The standard InChI is InChI=1S/C19H24N4O4S/c1-13-4-5-16(14(2)10-13)19(25)22-6-8-23(9-7-22)28(26,27)15-11-17(18(20)24)21(3)12-15/h4-5,10-12H,6-9H2,1-3H3,(H2,20,24). The zero-order valence-corrected chi connectivity index (χ0v) is 17.0. The van der Waals surface area contributed by atoms with Gasteiger partial charge in [-0.15, -0.1) is 0 Å². The van der Waals surface area contributed by atoms with Crippen LogP contribution in [0.1, 0.15) is 32.0 Å². The number of aromatic nitrogens is 1. The molecule has 0 aliphatic carbocycles. The molecule has 8 nitrogen and oxygen atoms in total. The van der Waals surface area contributed by atoms with E-state index in [2.05, 4.69) is 0 Å². The summed E-state index contributed by atoms with van der Waals surface area (Å²) in [4.78, 5) is 25.9. The SMILES string of the molecule is Cc1ccc(C(=O)N2CCN(S(=O)(=O)c3cc(C(N)=O)n(C)c3)CC2)c(C)c1. The Labute approximate surface area is 164 Å². The molecular formula is C19H24N4O4S. The van der Waals surface area contributed by atoms with Crippen LogP contribution in [0.3, 0.4) is 0 Å². The molecule has 9 heteroatoms.